The molecule has 0 spiro atoms. The molecule has 2 unspecified atom stereocenters. The molecular weight excluding hydrogens is 250 g/mol. The lowest BCUT2D eigenvalue weighted by Gasteiger charge is -2.27. The standard InChI is InChI=1S/C17H25NO2/c1-4-14-11-10-13(3)18(14)12-16(19)15-8-6-7-9-17(15)20-5-2/h6-9,13-14H,4-5,10-12H2,1-3H3. The van der Waals surface area contributed by atoms with Gasteiger partial charge in [-0.3, -0.25) is 9.69 Å². The van der Waals surface area contributed by atoms with E-state index in [9.17, 15) is 4.79 Å². The normalized spacial score (nSPS) is 22.9. The Kier molecular flexibility index (Phi) is 5.18. The molecule has 1 saturated heterocycles. The molecule has 0 bridgehead atoms. The minimum atomic E-state index is 0.168. The second-order valence-electron chi connectivity index (χ2n) is 5.51. The van der Waals surface area contributed by atoms with Crippen LogP contribution in [0.5, 0.6) is 5.75 Å². The average molecular weight is 275 g/mol. The lowest BCUT2D eigenvalue weighted by Crippen LogP contribution is -2.38. The van der Waals surface area contributed by atoms with Gasteiger partial charge in [-0.25, -0.2) is 0 Å². The van der Waals surface area contributed by atoms with Crippen LogP contribution in [0.4, 0.5) is 0 Å². The third-order valence-corrected chi connectivity index (χ3v) is 4.24. The van der Waals surface area contributed by atoms with E-state index in [0.717, 1.165) is 6.42 Å². The number of hydrogen-bond acceptors (Lipinski definition) is 3. The van der Waals surface area contributed by atoms with E-state index < -0.39 is 0 Å². The first-order valence-corrected chi connectivity index (χ1v) is 7.68. The van der Waals surface area contributed by atoms with Crippen LogP contribution in [0.15, 0.2) is 24.3 Å². The van der Waals surface area contributed by atoms with Gasteiger partial charge < -0.3 is 4.74 Å². The lowest BCUT2D eigenvalue weighted by molar-refractivity contribution is 0.0885. The number of hydrogen-bond donors (Lipinski definition) is 0. The van der Waals surface area contributed by atoms with E-state index in [1.54, 1.807) is 0 Å². The Morgan fingerprint density at radius 3 is 2.75 bits per heavy atom. The van der Waals surface area contributed by atoms with E-state index >= 15 is 0 Å². The van der Waals surface area contributed by atoms with Crippen LogP contribution in [0.3, 0.4) is 0 Å². The highest BCUT2D eigenvalue weighted by Crippen LogP contribution is 2.27. The molecule has 1 aliphatic heterocycles. The summed E-state index contributed by atoms with van der Waals surface area (Å²) in [5, 5.41) is 0. The minimum Gasteiger partial charge on any atom is -0.493 e. The number of para-hydroxylation sites is 1. The van der Waals surface area contributed by atoms with E-state index in [4.69, 9.17) is 4.74 Å². The number of carbonyl (C=O) groups excluding carboxylic acids is 1. The quantitative estimate of drug-likeness (QED) is 0.744. The number of ether oxygens (including phenoxy) is 1. The Labute approximate surface area is 121 Å². The highest BCUT2D eigenvalue weighted by molar-refractivity contribution is 6.00. The fourth-order valence-electron chi connectivity index (χ4n) is 3.08. The Hall–Kier alpha value is -1.35. The molecule has 0 aromatic heterocycles. The van der Waals surface area contributed by atoms with Gasteiger partial charge in [0.25, 0.3) is 0 Å². The Morgan fingerprint density at radius 2 is 2.05 bits per heavy atom. The molecule has 3 heteroatoms. The largest absolute Gasteiger partial charge is 0.493 e. The Balaban J connectivity index is 2.12. The number of ketones is 1. The molecule has 2 rings (SSSR count). The van der Waals surface area contributed by atoms with Gasteiger partial charge in [-0.15, -0.1) is 0 Å². The van der Waals surface area contributed by atoms with Crippen molar-refractivity contribution in [2.45, 2.75) is 52.1 Å². The molecule has 0 saturated carbocycles. The van der Waals surface area contributed by atoms with Crippen LogP contribution in [0, 0.1) is 0 Å². The van der Waals surface area contributed by atoms with E-state index in [0.29, 0.717) is 36.5 Å². The van der Waals surface area contributed by atoms with Crippen molar-refractivity contribution in [2.24, 2.45) is 0 Å². The van der Waals surface area contributed by atoms with Crippen LogP contribution >= 0.6 is 0 Å². The first kappa shape index (κ1) is 15.0. The summed E-state index contributed by atoms with van der Waals surface area (Å²) in [4.78, 5) is 14.9. The van der Waals surface area contributed by atoms with Gasteiger partial charge in [0, 0.05) is 12.1 Å². The molecule has 0 aliphatic carbocycles. The summed E-state index contributed by atoms with van der Waals surface area (Å²) in [6.07, 6.45) is 3.52. The van der Waals surface area contributed by atoms with Crippen molar-refractivity contribution in [2.75, 3.05) is 13.2 Å². The van der Waals surface area contributed by atoms with Crippen LogP contribution in [0.1, 0.15) is 50.4 Å². The van der Waals surface area contributed by atoms with Gasteiger partial charge in [-0.1, -0.05) is 19.1 Å². The zero-order valence-electron chi connectivity index (χ0n) is 12.8. The molecule has 1 fully saturated rings. The Morgan fingerprint density at radius 1 is 1.30 bits per heavy atom. The predicted molar refractivity (Wildman–Crippen MR) is 81.4 cm³/mol. The predicted octanol–water partition coefficient (Wildman–Crippen LogP) is 3.53. The highest BCUT2D eigenvalue weighted by atomic mass is 16.5. The first-order valence-electron chi connectivity index (χ1n) is 7.68. The summed E-state index contributed by atoms with van der Waals surface area (Å²) in [6, 6.07) is 8.61. The van der Waals surface area contributed by atoms with Gasteiger partial charge in [0.1, 0.15) is 5.75 Å². The van der Waals surface area contributed by atoms with Gasteiger partial charge in [-0.05, 0) is 45.2 Å². The van der Waals surface area contributed by atoms with E-state index in [2.05, 4.69) is 18.7 Å². The first-order chi connectivity index (χ1) is 9.67. The maximum Gasteiger partial charge on any atom is 0.180 e. The number of benzene rings is 1. The van der Waals surface area contributed by atoms with Crippen molar-refractivity contribution in [1.29, 1.82) is 0 Å². The van der Waals surface area contributed by atoms with Gasteiger partial charge in [0.05, 0.1) is 18.7 Å². The second-order valence-corrected chi connectivity index (χ2v) is 5.51. The third kappa shape index (κ3) is 3.21. The number of rotatable bonds is 6. The maximum absolute atomic E-state index is 12.6. The molecule has 0 N–H and O–H groups in total. The van der Waals surface area contributed by atoms with Crippen LogP contribution in [0.2, 0.25) is 0 Å². The molecule has 1 aromatic rings. The van der Waals surface area contributed by atoms with Gasteiger partial charge in [0.15, 0.2) is 5.78 Å². The molecule has 1 aliphatic rings. The zero-order chi connectivity index (χ0) is 14.5. The van der Waals surface area contributed by atoms with Crippen LogP contribution < -0.4 is 4.74 Å². The number of nitrogens with zero attached hydrogens (tertiary/aromatic N) is 1. The van der Waals surface area contributed by atoms with Crippen LogP contribution in [0.25, 0.3) is 0 Å². The average Bonchev–Trinajstić information content (AvgIpc) is 2.80. The topological polar surface area (TPSA) is 29.5 Å². The highest BCUT2D eigenvalue weighted by Gasteiger charge is 2.31. The third-order valence-electron chi connectivity index (χ3n) is 4.24. The number of Topliss-reactive ketones (excluding diaryl/α,β-unsaturated/α-hetero) is 1. The smallest absolute Gasteiger partial charge is 0.180 e. The second kappa shape index (κ2) is 6.89. The number of likely N-dealkylation sites (tertiary alicyclic amines) is 1. The van der Waals surface area contributed by atoms with Crippen molar-refractivity contribution in [3.63, 3.8) is 0 Å². The van der Waals surface area contributed by atoms with Crippen molar-refractivity contribution < 1.29 is 9.53 Å². The number of carbonyl (C=O) groups is 1. The molecule has 110 valence electrons. The van der Waals surface area contributed by atoms with Crippen LogP contribution in [-0.4, -0.2) is 35.9 Å². The van der Waals surface area contributed by atoms with Gasteiger partial charge >= 0.3 is 0 Å². The molecular formula is C17H25NO2. The van der Waals surface area contributed by atoms with Gasteiger partial charge in [0.2, 0.25) is 0 Å². The summed E-state index contributed by atoms with van der Waals surface area (Å²) in [5.74, 6) is 0.876. The van der Waals surface area contributed by atoms with Crippen molar-refractivity contribution in [3.05, 3.63) is 29.8 Å². The summed E-state index contributed by atoms with van der Waals surface area (Å²) < 4.78 is 5.56. The molecule has 1 heterocycles. The summed E-state index contributed by atoms with van der Waals surface area (Å²) >= 11 is 0. The summed E-state index contributed by atoms with van der Waals surface area (Å²) in [7, 11) is 0. The fourth-order valence-corrected chi connectivity index (χ4v) is 3.08. The zero-order valence-corrected chi connectivity index (χ0v) is 12.8. The molecule has 2 atom stereocenters. The molecule has 0 amide bonds. The molecule has 0 radical (unpaired) electrons. The summed E-state index contributed by atoms with van der Waals surface area (Å²) in [5.41, 5.74) is 0.711. The summed E-state index contributed by atoms with van der Waals surface area (Å²) in [6.45, 7) is 7.45. The molecule has 20 heavy (non-hydrogen) atoms. The molecule has 1 aromatic carbocycles. The Bertz CT molecular complexity index is 458. The van der Waals surface area contributed by atoms with Crippen LogP contribution in [-0.2, 0) is 0 Å². The van der Waals surface area contributed by atoms with E-state index in [1.165, 1.54) is 12.8 Å². The van der Waals surface area contributed by atoms with Crippen molar-refractivity contribution in [1.82, 2.24) is 4.90 Å². The van der Waals surface area contributed by atoms with E-state index in [-0.39, 0.29) is 5.78 Å². The minimum absolute atomic E-state index is 0.168. The fraction of sp³-hybridized carbons (Fsp3) is 0.588. The van der Waals surface area contributed by atoms with E-state index in [1.807, 2.05) is 31.2 Å². The van der Waals surface area contributed by atoms with Crippen molar-refractivity contribution >= 4 is 5.78 Å². The SMILES string of the molecule is CCOc1ccccc1C(=O)CN1C(C)CCC1CC. The molecule has 3 nitrogen and oxygen atoms in total. The monoisotopic (exact) mass is 275 g/mol. The lowest BCUT2D eigenvalue weighted by atomic mass is 10.1. The maximum atomic E-state index is 12.6. The van der Waals surface area contributed by atoms with Crippen molar-refractivity contribution in [3.8, 4) is 5.75 Å². The van der Waals surface area contributed by atoms with Gasteiger partial charge in [-0.2, -0.15) is 0 Å².